The van der Waals surface area contributed by atoms with Crippen molar-refractivity contribution >= 4 is 5.91 Å². The summed E-state index contributed by atoms with van der Waals surface area (Å²) < 4.78 is 5.30. The molecule has 1 amide bonds. The Morgan fingerprint density at radius 1 is 1.41 bits per heavy atom. The molecule has 1 aromatic rings. The van der Waals surface area contributed by atoms with Crippen molar-refractivity contribution in [3.8, 4) is 5.75 Å². The molecule has 1 unspecified atom stereocenters. The zero-order chi connectivity index (χ0) is 15.6. The summed E-state index contributed by atoms with van der Waals surface area (Å²) in [6.45, 7) is 1.69. The fraction of sp³-hybridized carbons (Fsp3) is 0.611. The minimum Gasteiger partial charge on any atom is -0.497 e. The summed E-state index contributed by atoms with van der Waals surface area (Å²) in [5.41, 5.74) is 0.723. The Bertz CT molecular complexity index is 539. The van der Waals surface area contributed by atoms with E-state index in [0.29, 0.717) is 6.54 Å². The second-order valence-corrected chi connectivity index (χ2v) is 6.61. The number of hydrogen-bond donors (Lipinski definition) is 1. The zero-order valence-electron chi connectivity index (χ0n) is 13.3. The largest absolute Gasteiger partial charge is 0.497 e. The first-order valence-corrected chi connectivity index (χ1v) is 8.24. The van der Waals surface area contributed by atoms with Gasteiger partial charge in [0.1, 0.15) is 5.75 Å². The van der Waals surface area contributed by atoms with Crippen molar-refractivity contribution in [2.75, 3.05) is 26.8 Å². The molecular formula is C18H25NO3. The van der Waals surface area contributed by atoms with Gasteiger partial charge in [0, 0.05) is 19.7 Å². The van der Waals surface area contributed by atoms with E-state index in [1.54, 1.807) is 7.11 Å². The summed E-state index contributed by atoms with van der Waals surface area (Å²) in [6.07, 6.45) is 4.99. The number of carbonyl (C=O) groups excluding carboxylic acids is 1. The van der Waals surface area contributed by atoms with Gasteiger partial charge < -0.3 is 14.7 Å². The molecule has 1 atom stereocenters. The molecule has 1 N–H and O–H groups in total. The van der Waals surface area contributed by atoms with Gasteiger partial charge in [-0.2, -0.15) is 0 Å². The Morgan fingerprint density at radius 3 is 2.91 bits per heavy atom. The summed E-state index contributed by atoms with van der Waals surface area (Å²) in [5, 5.41) is 9.46. The lowest BCUT2D eigenvalue weighted by molar-refractivity contribution is -0.134. The van der Waals surface area contributed by atoms with Gasteiger partial charge in [-0.25, -0.2) is 0 Å². The Kier molecular flexibility index (Phi) is 4.39. The van der Waals surface area contributed by atoms with Gasteiger partial charge >= 0.3 is 0 Å². The first-order chi connectivity index (χ1) is 10.7. The molecule has 2 aliphatic rings. The summed E-state index contributed by atoms with van der Waals surface area (Å²) in [4.78, 5) is 15.1. The number of aliphatic hydroxyl groups is 1. The highest BCUT2D eigenvalue weighted by Crippen LogP contribution is 2.50. The van der Waals surface area contributed by atoms with Crippen LogP contribution in [0.3, 0.4) is 0 Å². The standard InChI is InChI=1S/C18H25NO3/c1-22-16-7-4-6-15(11-16)18(8-9-18)17(21)19-10-3-2-5-14(12-19)13-20/h4,6-7,11,14,20H,2-3,5,8-10,12-13H2,1H3. The van der Waals surface area contributed by atoms with Crippen LogP contribution in [0.2, 0.25) is 0 Å². The molecule has 1 aliphatic heterocycles. The minimum atomic E-state index is -0.348. The van der Waals surface area contributed by atoms with Crippen molar-refractivity contribution in [1.82, 2.24) is 4.90 Å². The van der Waals surface area contributed by atoms with Crippen LogP contribution in [0.4, 0.5) is 0 Å². The zero-order valence-corrected chi connectivity index (χ0v) is 13.3. The van der Waals surface area contributed by atoms with E-state index in [2.05, 4.69) is 0 Å². The van der Waals surface area contributed by atoms with E-state index in [9.17, 15) is 9.90 Å². The second kappa shape index (κ2) is 6.29. The molecule has 0 bridgehead atoms. The topological polar surface area (TPSA) is 49.8 Å². The van der Waals surface area contributed by atoms with E-state index >= 15 is 0 Å². The van der Waals surface area contributed by atoms with Gasteiger partial charge in [0.05, 0.1) is 12.5 Å². The summed E-state index contributed by atoms with van der Waals surface area (Å²) in [6, 6.07) is 7.90. The Hall–Kier alpha value is -1.55. The number of nitrogens with zero attached hydrogens (tertiary/aromatic N) is 1. The van der Waals surface area contributed by atoms with Crippen molar-refractivity contribution in [2.24, 2.45) is 5.92 Å². The maximum absolute atomic E-state index is 13.1. The second-order valence-electron chi connectivity index (χ2n) is 6.61. The number of likely N-dealkylation sites (tertiary alicyclic amines) is 1. The SMILES string of the molecule is COc1cccc(C2(C(=O)N3CCCCC(CO)C3)CC2)c1. The molecule has 120 valence electrons. The molecule has 1 saturated carbocycles. The van der Waals surface area contributed by atoms with Crippen LogP contribution >= 0.6 is 0 Å². The molecule has 3 rings (SSSR count). The molecule has 1 saturated heterocycles. The first-order valence-electron chi connectivity index (χ1n) is 8.24. The number of rotatable bonds is 4. The molecule has 1 heterocycles. The Labute approximate surface area is 132 Å². The van der Waals surface area contributed by atoms with Crippen LogP contribution in [0.1, 0.15) is 37.7 Å². The van der Waals surface area contributed by atoms with E-state index in [4.69, 9.17) is 4.74 Å². The van der Waals surface area contributed by atoms with Crippen molar-refractivity contribution < 1.29 is 14.6 Å². The number of methoxy groups -OCH3 is 1. The van der Waals surface area contributed by atoms with Gasteiger partial charge in [0.2, 0.25) is 5.91 Å². The lowest BCUT2D eigenvalue weighted by Crippen LogP contribution is -2.42. The molecule has 1 aromatic carbocycles. The monoisotopic (exact) mass is 303 g/mol. The lowest BCUT2D eigenvalue weighted by atomic mass is 9.93. The van der Waals surface area contributed by atoms with Crippen LogP contribution in [0.5, 0.6) is 5.75 Å². The van der Waals surface area contributed by atoms with Crippen LogP contribution < -0.4 is 4.74 Å². The molecule has 1 aliphatic carbocycles. The van der Waals surface area contributed by atoms with Crippen molar-refractivity contribution in [3.05, 3.63) is 29.8 Å². The highest BCUT2D eigenvalue weighted by atomic mass is 16.5. The summed E-state index contributed by atoms with van der Waals surface area (Å²) >= 11 is 0. The quantitative estimate of drug-likeness (QED) is 0.929. The third-order valence-corrected chi connectivity index (χ3v) is 5.10. The predicted molar refractivity (Wildman–Crippen MR) is 84.9 cm³/mol. The molecule has 2 fully saturated rings. The van der Waals surface area contributed by atoms with Gasteiger partial charge in [0.15, 0.2) is 0 Å². The first kappa shape index (κ1) is 15.3. The molecule has 0 aromatic heterocycles. The van der Waals surface area contributed by atoms with Gasteiger partial charge in [0.25, 0.3) is 0 Å². The van der Waals surface area contributed by atoms with Crippen LogP contribution in [0.25, 0.3) is 0 Å². The average Bonchev–Trinajstić information content (AvgIpc) is 3.38. The van der Waals surface area contributed by atoms with E-state index in [-0.39, 0.29) is 23.8 Å². The molecular weight excluding hydrogens is 278 g/mol. The van der Waals surface area contributed by atoms with Gasteiger partial charge in [-0.1, -0.05) is 18.6 Å². The number of carbonyl (C=O) groups is 1. The predicted octanol–water partition coefficient (Wildman–Crippen LogP) is 2.35. The minimum absolute atomic E-state index is 0.177. The molecule has 22 heavy (non-hydrogen) atoms. The summed E-state index contributed by atoms with van der Waals surface area (Å²) in [5.74, 6) is 1.27. The van der Waals surface area contributed by atoms with Crippen molar-refractivity contribution in [3.63, 3.8) is 0 Å². The highest BCUT2D eigenvalue weighted by Gasteiger charge is 2.53. The number of benzene rings is 1. The molecule has 4 nitrogen and oxygen atoms in total. The number of hydrogen-bond acceptors (Lipinski definition) is 3. The number of ether oxygens (including phenoxy) is 1. The lowest BCUT2D eigenvalue weighted by Gasteiger charge is -2.28. The van der Waals surface area contributed by atoms with Gasteiger partial charge in [-0.3, -0.25) is 4.79 Å². The van der Waals surface area contributed by atoms with Crippen LogP contribution in [0.15, 0.2) is 24.3 Å². The van der Waals surface area contributed by atoms with Gasteiger partial charge in [-0.05, 0) is 49.3 Å². The highest BCUT2D eigenvalue weighted by molar-refractivity contribution is 5.91. The maximum atomic E-state index is 13.1. The van der Waals surface area contributed by atoms with Crippen molar-refractivity contribution in [1.29, 1.82) is 0 Å². The molecule has 4 heteroatoms. The third kappa shape index (κ3) is 2.84. The Morgan fingerprint density at radius 2 is 2.23 bits per heavy atom. The third-order valence-electron chi connectivity index (χ3n) is 5.10. The Balaban J connectivity index is 1.80. The van der Waals surface area contributed by atoms with Crippen molar-refractivity contribution in [2.45, 2.75) is 37.5 Å². The number of aliphatic hydroxyl groups excluding tert-OH is 1. The average molecular weight is 303 g/mol. The molecule has 0 radical (unpaired) electrons. The normalized spacial score (nSPS) is 23.7. The van der Waals surface area contributed by atoms with Crippen LogP contribution in [0, 0.1) is 5.92 Å². The smallest absolute Gasteiger partial charge is 0.233 e. The van der Waals surface area contributed by atoms with Gasteiger partial charge in [-0.15, -0.1) is 0 Å². The van der Waals surface area contributed by atoms with E-state index in [1.165, 1.54) is 0 Å². The molecule has 0 spiro atoms. The number of amides is 1. The van der Waals surface area contributed by atoms with Crippen LogP contribution in [-0.4, -0.2) is 42.7 Å². The van der Waals surface area contributed by atoms with E-state index < -0.39 is 0 Å². The van der Waals surface area contributed by atoms with Crippen LogP contribution in [-0.2, 0) is 10.2 Å². The summed E-state index contributed by atoms with van der Waals surface area (Å²) in [7, 11) is 1.65. The maximum Gasteiger partial charge on any atom is 0.233 e. The van der Waals surface area contributed by atoms with E-state index in [0.717, 1.165) is 50.0 Å². The van der Waals surface area contributed by atoms with E-state index in [1.807, 2.05) is 29.2 Å². The fourth-order valence-electron chi connectivity index (χ4n) is 3.54. The fourth-order valence-corrected chi connectivity index (χ4v) is 3.54.